The van der Waals surface area contributed by atoms with Crippen LogP contribution in [0.1, 0.15) is 5.56 Å². The Morgan fingerprint density at radius 2 is 1.97 bits per heavy atom. The van der Waals surface area contributed by atoms with Crippen molar-refractivity contribution in [1.29, 1.82) is 0 Å². The number of esters is 1. The van der Waals surface area contributed by atoms with E-state index in [2.05, 4.69) is 4.99 Å². The first-order valence-corrected chi connectivity index (χ1v) is 9.77. The smallest absolute Gasteiger partial charge is 0.325 e. The van der Waals surface area contributed by atoms with Gasteiger partial charge in [-0.25, -0.2) is 0 Å². The Bertz CT molecular complexity index is 1290. The summed E-state index contributed by atoms with van der Waals surface area (Å²) in [6.45, 7) is -0.0128. The van der Waals surface area contributed by atoms with Crippen molar-refractivity contribution in [2.75, 3.05) is 13.9 Å². The highest BCUT2D eigenvalue weighted by molar-refractivity contribution is 7.16. The number of non-ortho nitro benzene ring substituents is 1. The molecular weight excluding hydrogens is 426 g/mol. The highest BCUT2D eigenvalue weighted by Crippen LogP contribution is 2.37. The Labute approximate surface area is 178 Å². The molecule has 2 aromatic carbocycles. The molecule has 31 heavy (non-hydrogen) atoms. The molecule has 10 nitrogen and oxygen atoms in total. The third kappa shape index (κ3) is 4.31. The summed E-state index contributed by atoms with van der Waals surface area (Å²) < 4.78 is 17.9. The molecule has 0 radical (unpaired) electrons. The molecular formula is C20H15N3O7S. The third-order valence-corrected chi connectivity index (χ3v) is 5.46. The van der Waals surface area contributed by atoms with Crippen LogP contribution in [0, 0.1) is 10.1 Å². The van der Waals surface area contributed by atoms with Crippen molar-refractivity contribution in [3.63, 3.8) is 0 Å². The molecule has 158 valence electrons. The number of carbonyl (C=O) groups excluding carboxylic acids is 2. The van der Waals surface area contributed by atoms with Crippen molar-refractivity contribution in [1.82, 2.24) is 4.57 Å². The van der Waals surface area contributed by atoms with Crippen LogP contribution in [0.15, 0.2) is 47.5 Å². The molecule has 0 atom stereocenters. The largest absolute Gasteiger partial charge is 0.468 e. The topological polar surface area (TPSA) is 122 Å². The Morgan fingerprint density at radius 1 is 1.26 bits per heavy atom. The van der Waals surface area contributed by atoms with Crippen LogP contribution in [0.5, 0.6) is 11.5 Å². The molecule has 1 aromatic heterocycles. The number of thiazole rings is 1. The molecule has 1 aliphatic rings. The summed E-state index contributed by atoms with van der Waals surface area (Å²) in [5.41, 5.74) is 1.23. The summed E-state index contributed by atoms with van der Waals surface area (Å²) in [6, 6.07) is 9.25. The Hall–Kier alpha value is -3.99. The number of nitro benzene ring substituents is 1. The highest BCUT2D eigenvalue weighted by atomic mass is 32.1. The number of nitro groups is 1. The van der Waals surface area contributed by atoms with Crippen LogP contribution in [0.25, 0.3) is 16.3 Å². The van der Waals surface area contributed by atoms with Crippen LogP contribution in [0.2, 0.25) is 0 Å². The zero-order valence-electron chi connectivity index (χ0n) is 16.1. The zero-order chi connectivity index (χ0) is 22.0. The Balaban J connectivity index is 1.68. The van der Waals surface area contributed by atoms with E-state index in [-0.39, 0.29) is 19.0 Å². The van der Waals surface area contributed by atoms with Crippen LogP contribution in [-0.4, -0.2) is 35.3 Å². The Kier molecular flexibility index (Phi) is 5.50. The van der Waals surface area contributed by atoms with Gasteiger partial charge < -0.3 is 18.8 Å². The van der Waals surface area contributed by atoms with Crippen molar-refractivity contribution in [3.8, 4) is 11.5 Å². The molecule has 0 saturated carbocycles. The number of fused-ring (bicyclic) bond motifs is 2. The number of carbonyl (C=O) groups is 2. The number of amides is 1. The van der Waals surface area contributed by atoms with Gasteiger partial charge in [0.15, 0.2) is 16.3 Å². The van der Waals surface area contributed by atoms with E-state index in [9.17, 15) is 19.7 Å². The molecule has 0 fully saturated rings. The van der Waals surface area contributed by atoms with E-state index in [1.165, 1.54) is 54.9 Å². The second-order valence-corrected chi connectivity index (χ2v) is 7.36. The van der Waals surface area contributed by atoms with Gasteiger partial charge in [0.1, 0.15) is 6.54 Å². The number of rotatable bonds is 5. The first kappa shape index (κ1) is 20.3. The van der Waals surface area contributed by atoms with Gasteiger partial charge >= 0.3 is 5.97 Å². The summed E-state index contributed by atoms with van der Waals surface area (Å²) in [4.78, 5) is 38.9. The van der Waals surface area contributed by atoms with Gasteiger partial charge in [-0.15, -0.1) is 0 Å². The standard InChI is InChI=1S/C20H15N3O7S/c1-28-19(25)10-22-14-8-15-16(30-11-29-15)9-17(14)31-20(22)21-18(24)7-4-12-2-5-13(6-3-12)23(26)27/h2-9H,10-11H2,1H3/b7-4-,21-20?. The predicted octanol–water partition coefficient (Wildman–Crippen LogP) is 2.65. The van der Waals surface area contributed by atoms with Gasteiger partial charge in [0, 0.05) is 30.3 Å². The molecule has 1 amide bonds. The van der Waals surface area contributed by atoms with E-state index in [0.717, 1.165) is 4.70 Å². The van der Waals surface area contributed by atoms with Gasteiger partial charge in [0.2, 0.25) is 6.79 Å². The SMILES string of the molecule is COC(=O)Cn1c(=NC(=O)/C=C\c2ccc([N+](=O)[O-])cc2)sc2cc3c(cc21)OCO3. The van der Waals surface area contributed by atoms with Crippen molar-refractivity contribution in [2.24, 2.45) is 4.99 Å². The minimum atomic E-state index is -0.552. The second kappa shape index (κ2) is 8.40. The van der Waals surface area contributed by atoms with Crippen molar-refractivity contribution < 1.29 is 28.7 Å². The molecule has 2 heterocycles. The van der Waals surface area contributed by atoms with E-state index in [0.29, 0.717) is 27.4 Å². The number of ether oxygens (including phenoxy) is 3. The lowest BCUT2D eigenvalue weighted by Gasteiger charge is -2.04. The van der Waals surface area contributed by atoms with Crippen LogP contribution >= 0.6 is 11.3 Å². The fourth-order valence-electron chi connectivity index (χ4n) is 2.90. The van der Waals surface area contributed by atoms with Gasteiger partial charge in [0.25, 0.3) is 11.6 Å². The first-order valence-electron chi connectivity index (χ1n) is 8.95. The monoisotopic (exact) mass is 441 g/mol. The van der Waals surface area contributed by atoms with E-state index >= 15 is 0 Å². The summed E-state index contributed by atoms with van der Waals surface area (Å²) >= 11 is 1.22. The zero-order valence-corrected chi connectivity index (χ0v) is 17.0. The maximum atomic E-state index is 12.4. The number of hydrogen-bond donors (Lipinski definition) is 0. The second-order valence-electron chi connectivity index (χ2n) is 6.35. The van der Waals surface area contributed by atoms with E-state index < -0.39 is 16.8 Å². The minimum Gasteiger partial charge on any atom is -0.468 e. The number of hydrogen-bond acceptors (Lipinski definition) is 8. The highest BCUT2D eigenvalue weighted by Gasteiger charge is 2.19. The van der Waals surface area contributed by atoms with Gasteiger partial charge in [-0.1, -0.05) is 11.3 Å². The maximum Gasteiger partial charge on any atom is 0.325 e. The third-order valence-electron chi connectivity index (χ3n) is 4.42. The average Bonchev–Trinajstić information content (AvgIpc) is 3.34. The number of nitrogens with zero attached hydrogens (tertiary/aromatic N) is 3. The molecule has 0 spiro atoms. The van der Waals surface area contributed by atoms with Gasteiger partial charge in [-0.3, -0.25) is 19.7 Å². The predicted molar refractivity (Wildman–Crippen MR) is 111 cm³/mol. The van der Waals surface area contributed by atoms with E-state index in [4.69, 9.17) is 14.2 Å². The van der Waals surface area contributed by atoms with Crippen LogP contribution in [0.3, 0.4) is 0 Å². The lowest BCUT2D eigenvalue weighted by molar-refractivity contribution is -0.384. The number of methoxy groups -OCH3 is 1. The summed E-state index contributed by atoms with van der Waals surface area (Å²) in [5.74, 6) is 0.0750. The normalized spacial score (nSPS) is 13.1. The van der Waals surface area contributed by atoms with E-state index in [1.807, 2.05) is 0 Å². The summed E-state index contributed by atoms with van der Waals surface area (Å²) in [6.07, 6.45) is 2.75. The molecule has 0 N–H and O–H groups in total. The van der Waals surface area contributed by atoms with Gasteiger partial charge in [0.05, 0.1) is 22.2 Å². The summed E-state index contributed by atoms with van der Waals surface area (Å²) in [7, 11) is 1.28. The van der Waals surface area contributed by atoms with Crippen molar-refractivity contribution in [2.45, 2.75) is 6.54 Å². The van der Waals surface area contributed by atoms with Crippen molar-refractivity contribution in [3.05, 3.63) is 63.0 Å². The molecule has 0 aliphatic carbocycles. The quantitative estimate of drug-likeness (QED) is 0.258. The molecule has 4 rings (SSSR count). The fourth-order valence-corrected chi connectivity index (χ4v) is 3.94. The molecule has 1 aliphatic heterocycles. The summed E-state index contributed by atoms with van der Waals surface area (Å²) in [5, 5.41) is 10.7. The molecule has 0 bridgehead atoms. The number of benzene rings is 2. The minimum absolute atomic E-state index is 0.0397. The molecule has 3 aromatic rings. The maximum absolute atomic E-state index is 12.4. The van der Waals surface area contributed by atoms with Gasteiger partial charge in [-0.2, -0.15) is 4.99 Å². The lowest BCUT2D eigenvalue weighted by Crippen LogP contribution is -2.22. The fraction of sp³-hybridized carbons (Fsp3) is 0.150. The molecule has 0 unspecified atom stereocenters. The van der Waals surface area contributed by atoms with Crippen LogP contribution in [0.4, 0.5) is 5.69 Å². The van der Waals surface area contributed by atoms with E-state index in [1.54, 1.807) is 16.7 Å². The van der Waals surface area contributed by atoms with Crippen LogP contribution in [-0.2, 0) is 20.9 Å². The number of aromatic nitrogens is 1. The molecule has 0 saturated heterocycles. The van der Waals surface area contributed by atoms with Crippen LogP contribution < -0.4 is 14.3 Å². The first-order chi connectivity index (χ1) is 14.9. The van der Waals surface area contributed by atoms with Gasteiger partial charge in [-0.05, 0) is 23.8 Å². The average molecular weight is 441 g/mol. The molecule has 11 heteroatoms. The lowest BCUT2D eigenvalue weighted by atomic mass is 10.2. The Morgan fingerprint density at radius 3 is 2.65 bits per heavy atom. The van der Waals surface area contributed by atoms with Crippen molar-refractivity contribution >= 4 is 45.2 Å².